The van der Waals surface area contributed by atoms with Gasteiger partial charge in [0.1, 0.15) is 11.8 Å². The maximum Gasteiger partial charge on any atom is 0.261 e. The summed E-state index contributed by atoms with van der Waals surface area (Å²) in [7, 11) is 0. The van der Waals surface area contributed by atoms with Gasteiger partial charge in [0.05, 0.1) is 0 Å². The summed E-state index contributed by atoms with van der Waals surface area (Å²) in [5.41, 5.74) is 1.45. The number of hydrogen-bond acceptors (Lipinski definition) is 3. The summed E-state index contributed by atoms with van der Waals surface area (Å²) in [6.07, 6.45) is 0. The topological polar surface area (TPSA) is 58.6 Å². The summed E-state index contributed by atoms with van der Waals surface area (Å²) in [6, 6.07) is 14.8. The zero-order valence-corrected chi connectivity index (χ0v) is 21.7. The maximum atomic E-state index is 13.3. The third-order valence-corrected chi connectivity index (χ3v) is 5.45. The number of nitrogens with one attached hydrogen (secondary N) is 1. The molecular weight excluding hydrogens is 468 g/mol. The van der Waals surface area contributed by atoms with Gasteiger partial charge in [0.15, 0.2) is 6.61 Å². The van der Waals surface area contributed by atoms with Crippen LogP contribution in [0.15, 0.2) is 53.0 Å². The summed E-state index contributed by atoms with van der Waals surface area (Å²) in [6.45, 7) is 14.0. The largest absolute Gasteiger partial charge is 0.483 e. The number of rotatable bonds is 7. The number of benzene rings is 2. The molecule has 0 saturated carbocycles. The minimum absolute atomic E-state index is 0.116. The summed E-state index contributed by atoms with van der Waals surface area (Å²) in [5.74, 6) is 0.240. The lowest BCUT2D eigenvalue weighted by molar-refractivity contribution is -0.142. The van der Waals surface area contributed by atoms with Crippen molar-refractivity contribution in [3.8, 4) is 5.75 Å². The number of para-hydroxylation sites is 1. The fraction of sp³-hybridized carbons (Fsp3) is 0.462. The zero-order chi connectivity index (χ0) is 24.1. The standard InChI is InChI=1S/C26H35BrN2O3/c1-18(24(31)28-26(5,6)7)29(16-19-11-10-12-20(27)15-19)23(30)17-32-22-14-9-8-13-21(22)25(2,3)4/h8-15,18H,16-17H2,1-7H3,(H,28,31)/t18-/m1/s1. The lowest BCUT2D eigenvalue weighted by Gasteiger charge is -2.31. The van der Waals surface area contributed by atoms with Gasteiger partial charge in [-0.25, -0.2) is 0 Å². The Morgan fingerprint density at radius 1 is 1.03 bits per heavy atom. The van der Waals surface area contributed by atoms with Crippen molar-refractivity contribution in [1.29, 1.82) is 0 Å². The Kier molecular flexibility index (Phi) is 8.52. The molecule has 0 aliphatic heterocycles. The Labute approximate surface area is 200 Å². The molecule has 0 aromatic heterocycles. The van der Waals surface area contributed by atoms with E-state index in [2.05, 4.69) is 42.0 Å². The van der Waals surface area contributed by atoms with E-state index in [1.165, 1.54) is 0 Å². The summed E-state index contributed by atoms with van der Waals surface area (Å²) in [5, 5.41) is 2.97. The highest BCUT2D eigenvalue weighted by Gasteiger charge is 2.29. The molecule has 0 bridgehead atoms. The van der Waals surface area contributed by atoms with E-state index in [9.17, 15) is 9.59 Å². The quantitative estimate of drug-likeness (QED) is 0.546. The van der Waals surface area contributed by atoms with Gasteiger partial charge in [-0.15, -0.1) is 0 Å². The molecule has 0 fully saturated rings. The molecule has 2 aromatic rings. The van der Waals surface area contributed by atoms with Crippen LogP contribution in [0.4, 0.5) is 0 Å². The molecule has 2 amide bonds. The molecule has 0 saturated heterocycles. The predicted octanol–water partition coefficient (Wildman–Crippen LogP) is 5.46. The monoisotopic (exact) mass is 502 g/mol. The van der Waals surface area contributed by atoms with Crippen molar-refractivity contribution in [2.45, 2.75) is 72.0 Å². The third kappa shape index (κ3) is 7.66. The second kappa shape index (κ2) is 10.5. The average Bonchev–Trinajstić information content (AvgIpc) is 2.68. The lowest BCUT2D eigenvalue weighted by atomic mass is 9.86. The number of ether oxygens (including phenoxy) is 1. The lowest BCUT2D eigenvalue weighted by Crippen LogP contribution is -2.53. The van der Waals surface area contributed by atoms with Gasteiger partial charge in [-0.2, -0.15) is 0 Å². The second-order valence-electron chi connectivity index (χ2n) is 10.1. The van der Waals surface area contributed by atoms with E-state index in [1.807, 2.05) is 69.3 Å². The Morgan fingerprint density at radius 3 is 2.28 bits per heavy atom. The highest BCUT2D eigenvalue weighted by atomic mass is 79.9. The summed E-state index contributed by atoms with van der Waals surface area (Å²) < 4.78 is 6.89. The SMILES string of the molecule is C[C@H](C(=O)NC(C)(C)C)N(Cc1cccc(Br)c1)C(=O)COc1ccccc1C(C)(C)C. The van der Waals surface area contributed by atoms with Gasteiger partial charge in [-0.05, 0) is 62.4 Å². The molecule has 2 rings (SSSR count). The van der Waals surface area contributed by atoms with Gasteiger partial charge in [0, 0.05) is 16.6 Å². The molecule has 6 heteroatoms. The second-order valence-corrected chi connectivity index (χ2v) is 11.0. The van der Waals surface area contributed by atoms with Crippen molar-refractivity contribution in [2.24, 2.45) is 0 Å². The van der Waals surface area contributed by atoms with E-state index < -0.39 is 11.6 Å². The molecule has 0 radical (unpaired) electrons. The first-order valence-electron chi connectivity index (χ1n) is 10.9. The molecule has 1 atom stereocenters. The first kappa shape index (κ1) is 25.9. The molecule has 1 N–H and O–H groups in total. The zero-order valence-electron chi connectivity index (χ0n) is 20.2. The van der Waals surface area contributed by atoms with Crippen molar-refractivity contribution >= 4 is 27.7 Å². The molecule has 5 nitrogen and oxygen atoms in total. The average molecular weight is 503 g/mol. The van der Waals surface area contributed by atoms with Crippen molar-refractivity contribution in [2.75, 3.05) is 6.61 Å². The molecule has 0 aliphatic carbocycles. The van der Waals surface area contributed by atoms with Gasteiger partial charge >= 0.3 is 0 Å². The van der Waals surface area contributed by atoms with Crippen LogP contribution in [0.5, 0.6) is 5.75 Å². The molecule has 32 heavy (non-hydrogen) atoms. The van der Waals surface area contributed by atoms with Crippen LogP contribution in [0.1, 0.15) is 59.6 Å². The molecule has 2 aromatic carbocycles. The van der Waals surface area contributed by atoms with Crippen molar-refractivity contribution < 1.29 is 14.3 Å². The van der Waals surface area contributed by atoms with Crippen LogP contribution in [0.25, 0.3) is 0 Å². The smallest absolute Gasteiger partial charge is 0.261 e. The number of halogens is 1. The van der Waals surface area contributed by atoms with Gasteiger partial charge in [-0.1, -0.05) is 67.0 Å². The van der Waals surface area contributed by atoms with Crippen LogP contribution in [-0.4, -0.2) is 34.9 Å². The van der Waals surface area contributed by atoms with Crippen molar-refractivity contribution in [3.05, 3.63) is 64.1 Å². The van der Waals surface area contributed by atoms with E-state index in [1.54, 1.807) is 11.8 Å². The van der Waals surface area contributed by atoms with Gasteiger partial charge in [-0.3, -0.25) is 9.59 Å². The first-order chi connectivity index (χ1) is 14.8. The van der Waals surface area contributed by atoms with Crippen LogP contribution in [0.2, 0.25) is 0 Å². The third-order valence-electron chi connectivity index (χ3n) is 4.95. The van der Waals surface area contributed by atoms with Crippen LogP contribution < -0.4 is 10.1 Å². The summed E-state index contributed by atoms with van der Waals surface area (Å²) >= 11 is 3.48. The number of carbonyl (C=O) groups excluding carboxylic acids is 2. The first-order valence-corrected chi connectivity index (χ1v) is 11.7. The Morgan fingerprint density at radius 2 is 1.69 bits per heavy atom. The fourth-order valence-electron chi connectivity index (χ4n) is 3.32. The normalized spacial score (nSPS) is 12.8. The highest BCUT2D eigenvalue weighted by molar-refractivity contribution is 9.10. The predicted molar refractivity (Wildman–Crippen MR) is 133 cm³/mol. The fourth-order valence-corrected chi connectivity index (χ4v) is 3.77. The minimum Gasteiger partial charge on any atom is -0.483 e. The Bertz CT molecular complexity index is 945. The maximum absolute atomic E-state index is 13.3. The van der Waals surface area contributed by atoms with Gasteiger partial charge in [0.2, 0.25) is 5.91 Å². The molecular formula is C26H35BrN2O3. The van der Waals surface area contributed by atoms with Crippen LogP contribution >= 0.6 is 15.9 Å². The van der Waals surface area contributed by atoms with Crippen LogP contribution in [0.3, 0.4) is 0 Å². The van der Waals surface area contributed by atoms with E-state index >= 15 is 0 Å². The molecule has 174 valence electrons. The summed E-state index contributed by atoms with van der Waals surface area (Å²) in [4.78, 5) is 27.7. The van der Waals surface area contributed by atoms with E-state index in [0.29, 0.717) is 12.3 Å². The van der Waals surface area contributed by atoms with Gasteiger partial charge in [0.25, 0.3) is 5.91 Å². The molecule has 0 unspecified atom stereocenters. The van der Waals surface area contributed by atoms with Crippen LogP contribution in [-0.2, 0) is 21.5 Å². The van der Waals surface area contributed by atoms with E-state index in [-0.39, 0.29) is 23.8 Å². The van der Waals surface area contributed by atoms with Crippen molar-refractivity contribution in [3.63, 3.8) is 0 Å². The van der Waals surface area contributed by atoms with E-state index in [0.717, 1.165) is 15.6 Å². The van der Waals surface area contributed by atoms with E-state index in [4.69, 9.17) is 4.74 Å². The number of amides is 2. The number of carbonyl (C=O) groups is 2. The molecule has 0 spiro atoms. The van der Waals surface area contributed by atoms with Gasteiger partial charge < -0.3 is 15.0 Å². The van der Waals surface area contributed by atoms with Crippen LogP contribution in [0, 0.1) is 0 Å². The Hall–Kier alpha value is -2.34. The number of nitrogens with zero attached hydrogens (tertiary/aromatic N) is 1. The van der Waals surface area contributed by atoms with Crippen molar-refractivity contribution in [1.82, 2.24) is 10.2 Å². The number of hydrogen-bond donors (Lipinski definition) is 1. The minimum atomic E-state index is -0.651. The highest BCUT2D eigenvalue weighted by Crippen LogP contribution is 2.31. The molecule has 0 aliphatic rings. The molecule has 0 heterocycles. The Balaban J connectivity index is 2.25.